The van der Waals surface area contributed by atoms with Crippen LogP contribution in [0.3, 0.4) is 0 Å². The molecule has 0 aliphatic carbocycles. The highest BCUT2D eigenvalue weighted by atomic mass is 35.5. The number of carbonyl (C=O) groups excluding carboxylic acids is 2. The summed E-state index contributed by atoms with van der Waals surface area (Å²) in [5.41, 5.74) is 7.00. The second-order valence-corrected chi connectivity index (χ2v) is 7.76. The monoisotopic (exact) mass is 424 g/mol. The fourth-order valence-corrected chi connectivity index (χ4v) is 3.65. The van der Waals surface area contributed by atoms with Gasteiger partial charge in [-0.05, 0) is 36.4 Å². The number of carbonyl (C=O) groups is 2. The third kappa shape index (κ3) is 4.13. The Hall–Kier alpha value is -3.39. The Bertz CT molecular complexity index is 1100. The Morgan fingerprint density at radius 3 is 2.63 bits per heavy atom. The molecule has 2 aromatic carbocycles. The lowest BCUT2D eigenvalue weighted by atomic mass is 10.0. The summed E-state index contributed by atoms with van der Waals surface area (Å²) in [6.07, 6.45) is 0. The normalized spacial score (nSPS) is 18.7. The van der Waals surface area contributed by atoms with E-state index in [0.717, 1.165) is 10.9 Å². The molecule has 2 atom stereocenters. The lowest BCUT2D eigenvalue weighted by molar-refractivity contribution is -0.119. The van der Waals surface area contributed by atoms with Gasteiger partial charge in [-0.1, -0.05) is 30.7 Å². The highest BCUT2D eigenvalue weighted by Gasteiger charge is 2.30. The summed E-state index contributed by atoms with van der Waals surface area (Å²) < 4.78 is 0. The van der Waals surface area contributed by atoms with Crippen LogP contribution in [0.2, 0.25) is 5.02 Å². The van der Waals surface area contributed by atoms with Gasteiger partial charge in [-0.25, -0.2) is 14.8 Å². The SMILES string of the molecule is CC1CN(C(=O)Nc2ccc(Cl)cc2)Cc2nc(c3ccccc3n2)N[C@@H]1C(N)=O. The van der Waals surface area contributed by atoms with Gasteiger partial charge in [0.1, 0.15) is 11.9 Å². The second-order valence-electron chi connectivity index (χ2n) is 7.32. The summed E-state index contributed by atoms with van der Waals surface area (Å²) in [6.45, 7) is 2.35. The summed E-state index contributed by atoms with van der Waals surface area (Å²) in [4.78, 5) is 35.9. The maximum Gasteiger partial charge on any atom is 0.322 e. The summed E-state index contributed by atoms with van der Waals surface area (Å²) in [6, 6.07) is 13.3. The number of fused-ring (bicyclic) bond motifs is 4. The minimum atomic E-state index is -0.694. The topological polar surface area (TPSA) is 113 Å². The van der Waals surface area contributed by atoms with Crippen LogP contribution < -0.4 is 16.4 Å². The maximum atomic E-state index is 13.0. The molecule has 1 unspecified atom stereocenters. The summed E-state index contributed by atoms with van der Waals surface area (Å²) in [5.74, 6) is 0.242. The first-order valence-electron chi connectivity index (χ1n) is 9.53. The molecule has 2 bridgehead atoms. The van der Waals surface area contributed by atoms with Gasteiger partial charge in [0.05, 0.1) is 12.1 Å². The van der Waals surface area contributed by atoms with Crippen molar-refractivity contribution in [3.8, 4) is 0 Å². The molecule has 1 aliphatic rings. The molecule has 4 rings (SSSR count). The van der Waals surface area contributed by atoms with Crippen LogP contribution >= 0.6 is 11.6 Å². The van der Waals surface area contributed by atoms with Crippen molar-refractivity contribution in [2.75, 3.05) is 17.2 Å². The van der Waals surface area contributed by atoms with Crippen LogP contribution in [-0.2, 0) is 11.3 Å². The van der Waals surface area contributed by atoms with Crippen molar-refractivity contribution in [1.82, 2.24) is 14.9 Å². The third-order valence-corrected chi connectivity index (χ3v) is 5.29. The van der Waals surface area contributed by atoms with Crippen LogP contribution in [0.15, 0.2) is 48.5 Å². The first-order valence-corrected chi connectivity index (χ1v) is 9.91. The maximum absolute atomic E-state index is 13.0. The van der Waals surface area contributed by atoms with E-state index in [1.807, 2.05) is 31.2 Å². The predicted molar refractivity (Wildman–Crippen MR) is 116 cm³/mol. The molecule has 8 nitrogen and oxygen atoms in total. The van der Waals surface area contributed by atoms with E-state index in [9.17, 15) is 9.59 Å². The number of aromatic nitrogens is 2. The molecule has 30 heavy (non-hydrogen) atoms. The molecular formula is C21H21ClN6O2. The van der Waals surface area contributed by atoms with Gasteiger partial charge in [0.25, 0.3) is 0 Å². The lowest BCUT2D eigenvalue weighted by Crippen LogP contribution is -2.46. The Morgan fingerprint density at radius 2 is 1.90 bits per heavy atom. The van der Waals surface area contributed by atoms with Gasteiger partial charge in [0.2, 0.25) is 5.91 Å². The Balaban J connectivity index is 1.70. The van der Waals surface area contributed by atoms with Crippen LogP contribution in [0.25, 0.3) is 10.9 Å². The number of rotatable bonds is 2. The van der Waals surface area contributed by atoms with Crippen molar-refractivity contribution >= 4 is 45.9 Å². The number of amides is 3. The Labute approximate surface area is 178 Å². The van der Waals surface area contributed by atoms with Crippen LogP contribution in [0, 0.1) is 5.92 Å². The number of anilines is 2. The molecule has 0 spiro atoms. The number of hydrogen-bond donors (Lipinski definition) is 3. The summed E-state index contributed by atoms with van der Waals surface area (Å²) in [5, 5.41) is 7.39. The summed E-state index contributed by atoms with van der Waals surface area (Å²) >= 11 is 5.91. The molecule has 4 N–H and O–H groups in total. The van der Waals surface area contributed by atoms with Gasteiger partial charge in [0.15, 0.2) is 5.82 Å². The zero-order valence-corrected chi connectivity index (χ0v) is 17.1. The zero-order valence-electron chi connectivity index (χ0n) is 16.3. The van der Waals surface area contributed by atoms with E-state index < -0.39 is 11.9 Å². The van der Waals surface area contributed by atoms with E-state index in [-0.39, 0.29) is 25.0 Å². The second kappa shape index (κ2) is 8.16. The molecule has 1 aromatic heterocycles. The highest BCUT2D eigenvalue weighted by molar-refractivity contribution is 6.30. The van der Waals surface area contributed by atoms with E-state index in [1.165, 1.54) is 0 Å². The highest BCUT2D eigenvalue weighted by Crippen LogP contribution is 2.25. The van der Waals surface area contributed by atoms with Crippen LogP contribution in [0.4, 0.5) is 16.3 Å². The summed E-state index contributed by atoms with van der Waals surface area (Å²) in [7, 11) is 0. The smallest absolute Gasteiger partial charge is 0.322 e. The van der Waals surface area contributed by atoms with Gasteiger partial charge in [-0.3, -0.25) is 4.79 Å². The van der Waals surface area contributed by atoms with Crippen molar-refractivity contribution < 1.29 is 9.59 Å². The molecule has 9 heteroatoms. The molecule has 0 saturated carbocycles. The molecule has 154 valence electrons. The number of nitrogens with one attached hydrogen (secondary N) is 2. The molecule has 0 saturated heterocycles. The van der Waals surface area contributed by atoms with Crippen molar-refractivity contribution in [3.05, 3.63) is 59.4 Å². The minimum absolute atomic E-state index is 0.189. The van der Waals surface area contributed by atoms with E-state index in [0.29, 0.717) is 22.4 Å². The number of para-hydroxylation sites is 1. The molecule has 1 aliphatic heterocycles. The lowest BCUT2D eigenvalue weighted by Gasteiger charge is -2.28. The molecule has 2 heterocycles. The average Bonchev–Trinajstić information content (AvgIpc) is 2.77. The van der Waals surface area contributed by atoms with Gasteiger partial charge < -0.3 is 21.3 Å². The average molecular weight is 425 g/mol. The number of hydrogen-bond acceptors (Lipinski definition) is 5. The van der Waals surface area contributed by atoms with Crippen LogP contribution in [0.1, 0.15) is 12.7 Å². The van der Waals surface area contributed by atoms with E-state index in [4.69, 9.17) is 17.3 Å². The number of nitrogens with two attached hydrogens (primary N) is 1. The van der Waals surface area contributed by atoms with Crippen LogP contribution in [0.5, 0.6) is 0 Å². The van der Waals surface area contributed by atoms with Gasteiger partial charge in [-0.15, -0.1) is 0 Å². The Kier molecular flexibility index (Phi) is 5.41. The van der Waals surface area contributed by atoms with E-state index in [1.54, 1.807) is 29.2 Å². The quantitative estimate of drug-likeness (QED) is 0.584. The first kappa shape index (κ1) is 19.9. The van der Waals surface area contributed by atoms with Crippen molar-refractivity contribution in [2.45, 2.75) is 19.5 Å². The number of urea groups is 1. The van der Waals surface area contributed by atoms with Crippen LogP contribution in [-0.4, -0.2) is 39.4 Å². The Morgan fingerprint density at radius 1 is 1.17 bits per heavy atom. The first-order chi connectivity index (χ1) is 14.4. The molecular weight excluding hydrogens is 404 g/mol. The number of benzene rings is 2. The van der Waals surface area contributed by atoms with E-state index in [2.05, 4.69) is 20.6 Å². The minimum Gasteiger partial charge on any atom is -0.368 e. The van der Waals surface area contributed by atoms with Crippen molar-refractivity contribution in [1.29, 1.82) is 0 Å². The molecule has 0 fully saturated rings. The van der Waals surface area contributed by atoms with Gasteiger partial charge in [-0.2, -0.15) is 0 Å². The number of nitrogens with zero attached hydrogens (tertiary/aromatic N) is 3. The third-order valence-electron chi connectivity index (χ3n) is 5.04. The zero-order chi connectivity index (χ0) is 21.3. The number of halogens is 1. The van der Waals surface area contributed by atoms with Crippen molar-refractivity contribution in [3.63, 3.8) is 0 Å². The van der Waals surface area contributed by atoms with Crippen molar-refractivity contribution in [2.24, 2.45) is 11.7 Å². The molecule has 3 amide bonds. The van der Waals surface area contributed by atoms with Gasteiger partial charge >= 0.3 is 6.03 Å². The molecule has 0 radical (unpaired) electrons. The fraction of sp³-hybridized carbons (Fsp3) is 0.238. The largest absolute Gasteiger partial charge is 0.368 e. The molecule has 3 aromatic rings. The van der Waals surface area contributed by atoms with E-state index >= 15 is 0 Å². The fourth-order valence-electron chi connectivity index (χ4n) is 3.53. The number of primary amides is 1. The predicted octanol–water partition coefficient (Wildman–Crippen LogP) is 3.23. The van der Waals surface area contributed by atoms with Gasteiger partial charge in [0, 0.05) is 28.6 Å². The standard InChI is InChI=1S/C21H21ClN6O2/c1-12-10-28(21(30)24-14-8-6-13(22)7-9-14)11-17-25-16-5-3-2-4-15(16)20(26-17)27-18(12)19(23)29/h2-9,12,18H,10-11H2,1H3,(H2,23,29)(H,24,30)(H,25,26,27)/t12?,18-/m0/s1.